The van der Waals surface area contributed by atoms with Crippen molar-refractivity contribution in [2.24, 2.45) is 11.7 Å². The van der Waals surface area contributed by atoms with Gasteiger partial charge in [0.05, 0.1) is 19.0 Å². The van der Waals surface area contributed by atoms with Crippen LogP contribution in [0, 0.1) is 5.92 Å². The highest BCUT2D eigenvalue weighted by atomic mass is 16.5. The molecule has 1 aromatic heterocycles. The molecule has 0 aromatic carbocycles. The maximum Gasteiger partial charge on any atom is 0.234 e. The number of nitrogens with two attached hydrogens (primary N) is 1. The quantitative estimate of drug-likeness (QED) is 0.833. The molecule has 1 saturated carbocycles. The topological polar surface area (TPSA) is 73.1 Å². The van der Waals surface area contributed by atoms with Gasteiger partial charge in [0.2, 0.25) is 5.88 Å². The molecule has 0 atom stereocenters. The van der Waals surface area contributed by atoms with Crippen molar-refractivity contribution in [3.8, 4) is 5.88 Å². The van der Waals surface area contributed by atoms with E-state index in [1.807, 2.05) is 6.92 Å². The first-order chi connectivity index (χ1) is 8.78. The molecule has 18 heavy (non-hydrogen) atoms. The Morgan fingerprint density at radius 2 is 2.11 bits per heavy atom. The summed E-state index contributed by atoms with van der Waals surface area (Å²) in [5.41, 5.74) is 5.90. The predicted octanol–water partition coefficient (Wildman–Crippen LogP) is 1.80. The lowest BCUT2D eigenvalue weighted by Gasteiger charge is -2.26. The minimum Gasteiger partial charge on any atom is -0.477 e. The number of nitrogens with zero attached hydrogens (tertiary/aromatic N) is 2. The van der Waals surface area contributed by atoms with Gasteiger partial charge in [-0.25, -0.2) is 0 Å². The second kappa shape index (κ2) is 6.54. The van der Waals surface area contributed by atoms with Gasteiger partial charge in [-0.05, 0) is 38.5 Å². The van der Waals surface area contributed by atoms with Crippen LogP contribution in [0.15, 0.2) is 12.4 Å². The summed E-state index contributed by atoms with van der Waals surface area (Å²) in [5, 5.41) is 3.33. The standard InChI is InChI=1S/C13H22N4O/c1-2-18-13-9-15-8-12(17-13)16-7-10-3-5-11(14)6-4-10/h8-11H,2-7,14H2,1H3,(H,16,17). The lowest BCUT2D eigenvalue weighted by molar-refractivity contribution is 0.325. The van der Waals surface area contributed by atoms with E-state index in [9.17, 15) is 0 Å². The van der Waals surface area contributed by atoms with Gasteiger partial charge in [0, 0.05) is 12.6 Å². The number of hydrogen-bond donors (Lipinski definition) is 2. The first kappa shape index (κ1) is 13.1. The van der Waals surface area contributed by atoms with Crippen LogP contribution in [0.3, 0.4) is 0 Å². The van der Waals surface area contributed by atoms with Gasteiger partial charge in [-0.1, -0.05) is 0 Å². The van der Waals surface area contributed by atoms with Crippen molar-refractivity contribution in [3.05, 3.63) is 12.4 Å². The molecular formula is C13H22N4O. The van der Waals surface area contributed by atoms with Gasteiger partial charge in [0.1, 0.15) is 5.82 Å². The van der Waals surface area contributed by atoms with Crippen LogP contribution in [0.4, 0.5) is 5.82 Å². The third-order valence-electron chi connectivity index (χ3n) is 3.37. The van der Waals surface area contributed by atoms with E-state index in [4.69, 9.17) is 10.5 Å². The summed E-state index contributed by atoms with van der Waals surface area (Å²) in [6.45, 7) is 3.49. The number of aromatic nitrogens is 2. The molecule has 2 rings (SSSR count). The third kappa shape index (κ3) is 3.84. The molecule has 0 aliphatic heterocycles. The Labute approximate surface area is 108 Å². The van der Waals surface area contributed by atoms with Crippen molar-refractivity contribution < 1.29 is 4.74 Å². The van der Waals surface area contributed by atoms with E-state index in [-0.39, 0.29) is 0 Å². The van der Waals surface area contributed by atoms with E-state index >= 15 is 0 Å². The van der Waals surface area contributed by atoms with Gasteiger partial charge < -0.3 is 15.8 Å². The minimum absolute atomic E-state index is 0.405. The molecule has 0 spiro atoms. The van der Waals surface area contributed by atoms with Crippen molar-refractivity contribution in [1.82, 2.24) is 9.97 Å². The van der Waals surface area contributed by atoms with E-state index in [0.29, 0.717) is 24.4 Å². The fourth-order valence-electron chi connectivity index (χ4n) is 2.29. The molecule has 1 aliphatic rings. The van der Waals surface area contributed by atoms with E-state index in [1.54, 1.807) is 12.4 Å². The highest BCUT2D eigenvalue weighted by molar-refractivity contribution is 5.33. The number of rotatable bonds is 5. The van der Waals surface area contributed by atoms with Crippen LogP contribution in [-0.4, -0.2) is 29.2 Å². The molecule has 1 aliphatic carbocycles. The zero-order valence-electron chi connectivity index (χ0n) is 10.9. The molecule has 0 radical (unpaired) electrons. The van der Waals surface area contributed by atoms with Crippen molar-refractivity contribution in [3.63, 3.8) is 0 Å². The Bertz CT molecular complexity index is 364. The van der Waals surface area contributed by atoms with Crippen molar-refractivity contribution in [1.29, 1.82) is 0 Å². The Kier molecular flexibility index (Phi) is 4.75. The molecule has 1 fully saturated rings. The first-order valence-electron chi connectivity index (χ1n) is 6.72. The van der Waals surface area contributed by atoms with Crippen molar-refractivity contribution >= 4 is 5.82 Å². The minimum atomic E-state index is 0.405. The predicted molar refractivity (Wildman–Crippen MR) is 71.6 cm³/mol. The summed E-state index contributed by atoms with van der Waals surface area (Å²) in [6.07, 6.45) is 8.04. The zero-order chi connectivity index (χ0) is 12.8. The van der Waals surface area contributed by atoms with Crippen LogP contribution in [0.2, 0.25) is 0 Å². The van der Waals surface area contributed by atoms with Gasteiger partial charge >= 0.3 is 0 Å². The van der Waals surface area contributed by atoms with Gasteiger partial charge in [0.15, 0.2) is 0 Å². The molecule has 0 bridgehead atoms. The normalized spacial score (nSPS) is 23.7. The first-order valence-corrected chi connectivity index (χ1v) is 6.72. The van der Waals surface area contributed by atoms with Gasteiger partial charge in [-0.3, -0.25) is 4.98 Å². The second-order valence-corrected chi connectivity index (χ2v) is 4.84. The molecule has 5 nitrogen and oxygen atoms in total. The summed E-state index contributed by atoms with van der Waals surface area (Å²) >= 11 is 0. The molecule has 0 amide bonds. The monoisotopic (exact) mass is 250 g/mol. The zero-order valence-corrected chi connectivity index (χ0v) is 10.9. The lowest BCUT2D eigenvalue weighted by Crippen LogP contribution is -2.29. The maximum atomic E-state index is 5.90. The number of nitrogens with one attached hydrogen (secondary N) is 1. The Morgan fingerprint density at radius 3 is 2.83 bits per heavy atom. The van der Waals surface area contributed by atoms with E-state index < -0.39 is 0 Å². The lowest BCUT2D eigenvalue weighted by atomic mass is 9.86. The molecule has 100 valence electrons. The molecule has 3 N–H and O–H groups in total. The molecule has 0 unspecified atom stereocenters. The highest BCUT2D eigenvalue weighted by Gasteiger charge is 2.18. The van der Waals surface area contributed by atoms with E-state index in [1.165, 1.54) is 12.8 Å². The second-order valence-electron chi connectivity index (χ2n) is 4.84. The highest BCUT2D eigenvalue weighted by Crippen LogP contribution is 2.23. The summed E-state index contributed by atoms with van der Waals surface area (Å²) < 4.78 is 5.32. The van der Waals surface area contributed by atoms with Crippen molar-refractivity contribution in [2.75, 3.05) is 18.5 Å². The Morgan fingerprint density at radius 1 is 1.33 bits per heavy atom. The van der Waals surface area contributed by atoms with Gasteiger partial charge in [-0.2, -0.15) is 4.98 Å². The van der Waals surface area contributed by atoms with Crippen molar-refractivity contribution in [2.45, 2.75) is 38.6 Å². The number of hydrogen-bond acceptors (Lipinski definition) is 5. The average molecular weight is 250 g/mol. The van der Waals surface area contributed by atoms with Crippen LogP contribution in [0.1, 0.15) is 32.6 Å². The number of ether oxygens (including phenoxy) is 1. The smallest absolute Gasteiger partial charge is 0.234 e. The van der Waals surface area contributed by atoms with E-state index in [2.05, 4.69) is 15.3 Å². The van der Waals surface area contributed by atoms with E-state index in [0.717, 1.165) is 25.2 Å². The maximum absolute atomic E-state index is 5.90. The molecule has 5 heteroatoms. The van der Waals surface area contributed by atoms with Crippen LogP contribution in [0.25, 0.3) is 0 Å². The summed E-state index contributed by atoms with van der Waals surface area (Å²) in [7, 11) is 0. The van der Waals surface area contributed by atoms with Gasteiger partial charge in [-0.15, -0.1) is 0 Å². The summed E-state index contributed by atoms with van der Waals surface area (Å²) in [5.74, 6) is 2.06. The number of anilines is 1. The van der Waals surface area contributed by atoms with Gasteiger partial charge in [0.25, 0.3) is 0 Å². The van der Waals surface area contributed by atoms with Crippen LogP contribution >= 0.6 is 0 Å². The fourth-order valence-corrected chi connectivity index (χ4v) is 2.29. The molecule has 1 aromatic rings. The largest absolute Gasteiger partial charge is 0.477 e. The average Bonchev–Trinajstić information content (AvgIpc) is 2.39. The molecule has 0 saturated heterocycles. The Hall–Kier alpha value is -1.36. The summed E-state index contributed by atoms with van der Waals surface area (Å²) in [4.78, 5) is 8.45. The Balaban J connectivity index is 1.80. The van der Waals surface area contributed by atoms with Crippen LogP contribution < -0.4 is 15.8 Å². The SMILES string of the molecule is CCOc1cncc(NCC2CCC(N)CC2)n1. The fraction of sp³-hybridized carbons (Fsp3) is 0.692. The van der Waals surface area contributed by atoms with Crippen LogP contribution in [0.5, 0.6) is 5.88 Å². The third-order valence-corrected chi connectivity index (χ3v) is 3.37. The summed E-state index contributed by atoms with van der Waals surface area (Å²) in [6, 6.07) is 0.405. The molecular weight excluding hydrogens is 228 g/mol. The van der Waals surface area contributed by atoms with Crippen LogP contribution in [-0.2, 0) is 0 Å². The molecule has 1 heterocycles.